The van der Waals surface area contributed by atoms with Gasteiger partial charge in [0.05, 0.1) is 0 Å². The highest BCUT2D eigenvalue weighted by molar-refractivity contribution is 5.42. The van der Waals surface area contributed by atoms with E-state index < -0.39 is 0 Å². The normalized spacial score (nSPS) is 25.3. The Morgan fingerprint density at radius 1 is 1.06 bits per heavy atom. The Kier molecular flexibility index (Phi) is 4.23. The van der Waals surface area contributed by atoms with Gasteiger partial charge in [0, 0.05) is 18.3 Å². The lowest BCUT2D eigenvalue weighted by Crippen LogP contribution is -2.32. The van der Waals surface area contributed by atoms with Gasteiger partial charge >= 0.3 is 0 Å². The molecule has 0 amide bonds. The van der Waals surface area contributed by atoms with E-state index in [0.717, 1.165) is 18.5 Å². The van der Waals surface area contributed by atoms with E-state index in [4.69, 9.17) is 0 Å². The Balaban J connectivity index is 1.72. The zero-order valence-corrected chi connectivity index (χ0v) is 10.1. The zero-order valence-electron chi connectivity index (χ0n) is 10.1. The van der Waals surface area contributed by atoms with Crippen molar-refractivity contribution in [1.82, 2.24) is 5.32 Å². The summed E-state index contributed by atoms with van der Waals surface area (Å²) in [5, 5.41) is 6.90. The predicted octanol–water partition coefficient (Wildman–Crippen LogP) is 2.88. The molecule has 0 spiro atoms. The van der Waals surface area contributed by atoms with Crippen molar-refractivity contribution in [3.8, 4) is 0 Å². The van der Waals surface area contributed by atoms with Gasteiger partial charge in [0.2, 0.25) is 0 Å². The summed E-state index contributed by atoms with van der Waals surface area (Å²) < 4.78 is 0. The second kappa shape index (κ2) is 5.90. The van der Waals surface area contributed by atoms with Crippen molar-refractivity contribution in [2.24, 2.45) is 5.92 Å². The van der Waals surface area contributed by atoms with E-state index in [1.54, 1.807) is 0 Å². The van der Waals surface area contributed by atoms with E-state index >= 15 is 0 Å². The first kappa shape index (κ1) is 11.5. The number of para-hydroxylation sites is 1. The molecule has 2 heteroatoms. The Morgan fingerprint density at radius 3 is 2.38 bits per heavy atom. The van der Waals surface area contributed by atoms with Gasteiger partial charge in [-0.3, -0.25) is 0 Å². The second-order valence-electron chi connectivity index (χ2n) is 4.75. The van der Waals surface area contributed by atoms with Crippen molar-refractivity contribution in [2.75, 3.05) is 18.9 Å². The Bertz CT molecular complexity index is 289. The fourth-order valence-electron chi connectivity index (χ4n) is 2.47. The van der Waals surface area contributed by atoms with E-state index in [1.807, 2.05) is 0 Å². The molecule has 16 heavy (non-hydrogen) atoms. The van der Waals surface area contributed by atoms with Crippen LogP contribution < -0.4 is 10.6 Å². The highest BCUT2D eigenvalue weighted by atomic mass is 14.9. The van der Waals surface area contributed by atoms with Crippen LogP contribution in [0.4, 0.5) is 5.69 Å². The van der Waals surface area contributed by atoms with Gasteiger partial charge < -0.3 is 10.6 Å². The topological polar surface area (TPSA) is 24.1 Å². The summed E-state index contributed by atoms with van der Waals surface area (Å²) in [4.78, 5) is 0. The summed E-state index contributed by atoms with van der Waals surface area (Å²) in [7, 11) is 2.08. The van der Waals surface area contributed by atoms with Crippen LogP contribution in [0, 0.1) is 5.92 Å². The highest BCUT2D eigenvalue weighted by Gasteiger charge is 2.19. The van der Waals surface area contributed by atoms with Crippen LogP contribution in [0.2, 0.25) is 0 Å². The summed E-state index contributed by atoms with van der Waals surface area (Å²) in [6.45, 7) is 1.13. The smallest absolute Gasteiger partial charge is 0.0340 e. The van der Waals surface area contributed by atoms with Crippen LogP contribution in [0.5, 0.6) is 0 Å². The summed E-state index contributed by atoms with van der Waals surface area (Å²) in [5.41, 5.74) is 1.25. The average Bonchev–Trinajstić information content (AvgIpc) is 2.38. The average molecular weight is 218 g/mol. The molecule has 0 unspecified atom stereocenters. The first-order valence-electron chi connectivity index (χ1n) is 6.34. The summed E-state index contributed by atoms with van der Waals surface area (Å²) in [6, 6.07) is 11.3. The van der Waals surface area contributed by atoms with Gasteiger partial charge in [-0.25, -0.2) is 0 Å². The fraction of sp³-hybridized carbons (Fsp3) is 0.571. The van der Waals surface area contributed by atoms with E-state index in [2.05, 4.69) is 48.0 Å². The number of nitrogens with one attached hydrogen (secondary N) is 2. The molecule has 1 aliphatic rings. The van der Waals surface area contributed by atoms with Crippen molar-refractivity contribution in [2.45, 2.75) is 31.7 Å². The number of anilines is 1. The van der Waals surface area contributed by atoms with Gasteiger partial charge in [-0.2, -0.15) is 0 Å². The van der Waals surface area contributed by atoms with Crippen LogP contribution >= 0.6 is 0 Å². The third-order valence-corrected chi connectivity index (χ3v) is 3.62. The minimum atomic E-state index is 0.757. The van der Waals surface area contributed by atoms with Crippen LogP contribution in [0.3, 0.4) is 0 Å². The van der Waals surface area contributed by atoms with Gasteiger partial charge in [0.25, 0.3) is 0 Å². The highest BCUT2D eigenvalue weighted by Crippen LogP contribution is 2.24. The standard InChI is InChI=1S/C14H22N2/c1-15-13-9-7-12(8-10-13)11-16-14-5-3-2-4-6-14/h2-6,12-13,15-16H,7-11H2,1H3. The minimum Gasteiger partial charge on any atom is -0.385 e. The number of rotatable bonds is 4. The van der Waals surface area contributed by atoms with Crippen molar-refractivity contribution in [3.05, 3.63) is 30.3 Å². The fourth-order valence-corrected chi connectivity index (χ4v) is 2.47. The molecule has 1 aromatic carbocycles. The monoisotopic (exact) mass is 218 g/mol. The van der Waals surface area contributed by atoms with E-state index in [0.29, 0.717) is 0 Å². The lowest BCUT2D eigenvalue weighted by Gasteiger charge is -2.28. The summed E-state index contributed by atoms with van der Waals surface area (Å²) in [5.74, 6) is 0.852. The molecule has 1 saturated carbocycles. The third-order valence-electron chi connectivity index (χ3n) is 3.62. The molecular weight excluding hydrogens is 196 g/mol. The minimum absolute atomic E-state index is 0.757. The van der Waals surface area contributed by atoms with Crippen LogP contribution in [-0.4, -0.2) is 19.6 Å². The molecule has 88 valence electrons. The van der Waals surface area contributed by atoms with Gasteiger partial charge in [-0.1, -0.05) is 18.2 Å². The van der Waals surface area contributed by atoms with Gasteiger partial charge in [0.1, 0.15) is 0 Å². The molecule has 2 nitrogen and oxygen atoms in total. The molecule has 1 aromatic rings. The molecule has 2 N–H and O–H groups in total. The number of hydrogen-bond acceptors (Lipinski definition) is 2. The van der Waals surface area contributed by atoms with E-state index in [1.165, 1.54) is 31.4 Å². The predicted molar refractivity (Wildman–Crippen MR) is 69.7 cm³/mol. The third kappa shape index (κ3) is 3.24. The Hall–Kier alpha value is -1.02. The van der Waals surface area contributed by atoms with Gasteiger partial charge in [-0.05, 0) is 50.8 Å². The summed E-state index contributed by atoms with van der Waals surface area (Å²) in [6.07, 6.45) is 5.37. The van der Waals surface area contributed by atoms with Gasteiger partial charge in [-0.15, -0.1) is 0 Å². The van der Waals surface area contributed by atoms with Crippen LogP contribution in [-0.2, 0) is 0 Å². The zero-order chi connectivity index (χ0) is 11.2. The number of benzene rings is 1. The second-order valence-corrected chi connectivity index (χ2v) is 4.75. The van der Waals surface area contributed by atoms with Crippen molar-refractivity contribution >= 4 is 5.69 Å². The number of hydrogen-bond donors (Lipinski definition) is 2. The Labute approximate surface area is 98.4 Å². The van der Waals surface area contributed by atoms with Crippen molar-refractivity contribution in [3.63, 3.8) is 0 Å². The molecular formula is C14H22N2. The molecule has 0 radical (unpaired) electrons. The molecule has 0 atom stereocenters. The molecule has 2 rings (SSSR count). The van der Waals surface area contributed by atoms with Crippen molar-refractivity contribution < 1.29 is 0 Å². The molecule has 0 bridgehead atoms. The van der Waals surface area contributed by atoms with Crippen LogP contribution in [0.25, 0.3) is 0 Å². The summed E-state index contributed by atoms with van der Waals surface area (Å²) >= 11 is 0. The molecule has 0 aromatic heterocycles. The quantitative estimate of drug-likeness (QED) is 0.812. The van der Waals surface area contributed by atoms with Gasteiger partial charge in [0.15, 0.2) is 0 Å². The first-order valence-corrected chi connectivity index (χ1v) is 6.34. The maximum Gasteiger partial charge on any atom is 0.0340 e. The van der Waals surface area contributed by atoms with Crippen LogP contribution in [0.1, 0.15) is 25.7 Å². The van der Waals surface area contributed by atoms with Crippen molar-refractivity contribution in [1.29, 1.82) is 0 Å². The maximum atomic E-state index is 3.53. The lowest BCUT2D eigenvalue weighted by atomic mass is 9.86. The Morgan fingerprint density at radius 2 is 1.75 bits per heavy atom. The molecule has 0 aliphatic heterocycles. The SMILES string of the molecule is CNC1CCC(CNc2ccccc2)CC1. The largest absolute Gasteiger partial charge is 0.385 e. The maximum absolute atomic E-state index is 3.53. The lowest BCUT2D eigenvalue weighted by molar-refractivity contribution is 0.312. The van der Waals surface area contributed by atoms with E-state index in [-0.39, 0.29) is 0 Å². The van der Waals surface area contributed by atoms with E-state index in [9.17, 15) is 0 Å². The molecule has 1 aliphatic carbocycles. The molecule has 0 saturated heterocycles. The van der Waals surface area contributed by atoms with Crippen LogP contribution in [0.15, 0.2) is 30.3 Å². The molecule has 1 fully saturated rings. The molecule has 0 heterocycles. The first-order chi connectivity index (χ1) is 7.88.